The maximum atomic E-state index is 13.5. The van der Waals surface area contributed by atoms with Crippen LogP contribution in [0.25, 0.3) is 0 Å². The van der Waals surface area contributed by atoms with Crippen LogP contribution in [-0.2, 0) is 15.1 Å². The van der Waals surface area contributed by atoms with E-state index in [1.54, 1.807) is 4.90 Å². The minimum atomic E-state index is -1.28. The lowest BCUT2D eigenvalue weighted by Crippen LogP contribution is -2.59. The normalized spacial score (nSPS) is 13.2. The lowest BCUT2D eigenvalue weighted by Gasteiger charge is -2.37. The highest BCUT2D eigenvalue weighted by Crippen LogP contribution is 2.30. The van der Waals surface area contributed by atoms with Crippen molar-refractivity contribution in [1.29, 1.82) is 0 Å². The zero-order chi connectivity index (χ0) is 22.2. The summed E-state index contributed by atoms with van der Waals surface area (Å²) in [7, 11) is 5.48. The van der Waals surface area contributed by atoms with Crippen LogP contribution < -0.4 is 10.6 Å². The molecule has 0 aliphatic carbocycles. The topological polar surface area (TPSA) is 61.4 Å². The highest BCUT2D eigenvalue weighted by molar-refractivity contribution is 6.11. The van der Waals surface area contributed by atoms with Gasteiger partial charge in [0.2, 0.25) is 0 Å². The van der Waals surface area contributed by atoms with E-state index in [9.17, 15) is 9.59 Å². The highest BCUT2D eigenvalue weighted by Gasteiger charge is 2.48. The fraction of sp³-hybridized carbons (Fsp3) is 0.680. The van der Waals surface area contributed by atoms with Crippen molar-refractivity contribution in [3.05, 3.63) is 35.9 Å². The summed E-state index contributed by atoms with van der Waals surface area (Å²) in [6.45, 7) is 3.39. The van der Waals surface area contributed by atoms with Crippen LogP contribution in [0.15, 0.2) is 30.3 Å². The maximum Gasteiger partial charge on any atom is 0.252 e. The molecule has 0 aliphatic heterocycles. The van der Waals surface area contributed by atoms with Gasteiger partial charge in [0, 0.05) is 19.5 Å². The van der Waals surface area contributed by atoms with Crippen LogP contribution in [0, 0.1) is 0 Å². The van der Waals surface area contributed by atoms with Crippen LogP contribution in [0.2, 0.25) is 0 Å². The first kappa shape index (κ1) is 26.3. The molecule has 170 valence electrons. The molecule has 1 aromatic rings. The number of unbranched alkanes of at least 4 members (excludes halogenated alkanes) is 8. The smallest absolute Gasteiger partial charge is 0.252 e. The number of likely N-dealkylation sites (N-methyl/N-ethyl adjacent to an activating group) is 2. The first-order valence-electron chi connectivity index (χ1n) is 11.7. The number of benzene rings is 1. The Bertz CT molecular complexity index is 604. The van der Waals surface area contributed by atoms with Crippen molar-refractivity contribution in [3.8, 4) is 0 Å². The molecule has 0 aromatic heterocycles. The van der Waals surface area contributed by atoms with Crippen molar-refractivity contribution < 1.29 is 9.59 Å². The van der Waals surface area contributed by atoms with E-state index in [4.69, 9.17) is 0 Å². The van der Waals surface area contributed by atoms with Gasteiger partial charge in [0.05, 0.1) is 0 Å². The minimum Gasteiger partial charge on any atom is -0.353 e. The van der Waals surface area contributed by atoms with E-state index in [1.165, 1.54) is 38.5 Å². The van der Waals surface area contributed by atoms with Gasteiger partial charge in [-0.05, 0) is 33.1 Å². The fourth-order valence-electron chi connectivity index (χ4n) is 4.01. The summed E-state index contributed by atoms with van der Waals surface area (Å²) in [4.78, 5) is 28.5. The summed E-state index contributed by atoms with van der Waals surface area (Å²) in [5, 5.41) is 5.99. The van der Waals surface area contributed by atoms with Gasteiger partial charge in [-0.15, -0.1) is 0 Å². The number of nitrogens with one attached hydrogen (secondary N) is 2. The van der Waals surface area contributed by atoms with Gasteiger partial charge < -0.3 is 10.6 Å². The Morgan fingerprint density at radius 3 is 1.97 bits per heavy atom. The molecule has 2 N–H and O–H groups in total. The molecule has 1 aromatic carbocycles. The third kappa shape index (κ3) is 7.84. The Morgan fingerprint density at radius 2 is 1.43 bits per heavy atom. The zero-order valence-electron chi connectivity index (χ0n) is 19.6. The average molecular weight is 418 g/mol. The monoisotopic (exact) mass is 417 g/mol. The second kappa shape index (κ2) is 15.1. The molecule has 0 fully saturated rings. The van der Waals surface area contributed by atoms with Gasteiger partial charge in [-0.25, -0.2) is 0 Å². The molecule has 1 unspecified atom stereocenters. The molecule has 0 aliphatic rings. The van der Waals surface area contributed by atoms with E-state index >= 15 is 0 Å². The number of Topliss-reactive ketones (excluding diaryl/α,β-unsaturated/α-hetero) is 1. The molecule has 0 saturated heterocycles. The van der Waals surface area contributed by atoms with E-state index in [1.807, 2.05) is 51.5 Å². The number of nitrogens with zero attached hydrogens (tertiary/aromatic N) is 1. The summed E-state index contributed by atoms with van der Waals surface area (Å²) in [6, 6.07) is 9.45. The van der Waals surface area contributed by atoms with E-state index < -0.39 is 5.54 Å². The standard InChI is InChI=1S/C25H43N3O2/c1-5-6-7-8-9-10-11-12-16-19-23(29)25(28(3)4,22-17-14-13-15-18-22)24(30)27-21-20-26-2/h13-15,17-18,26H,5-12,16,19-21H2,1-4H3,(H,27,30). The van der Waals surface area contributed by atoms with Gasteiger partial charge in [-0.1, -0.05) is 88.6 Å². The van der Waals surface area contributed by atoms with Crippen LogP contribution in [0.1, 0.15) is 76.7 Å². The maximum absolute atomic E-state index is 13.5. The largest absolute Gasteiger partial charge is 0.353 e. The first-order valence-corrected chi connectivity index (χ1v) is 11.7. The van der Waals surface area contributed by atoms with E-state index in [-0.39, 0.29) is 11.7 Å². The molecule has 0 spiro atoms. The Labute approximate surface area is 184 Å². The third-order valence-corrected chi connectivity index (χ3v) is 5.76. The van der Waals surface area contributed by atoms with Crippen molar-refractivity contribution in [1.82, 2.24) is 15.5 Å². The molecule has 5 heteroatoms. The third-order valence-electron chi connectivity index (χ3n) is 5.76. The molecule has 0 saturated carbocycles. The van der Waals surface area contributed by atoms with Crippen LogP contribution in [0.3, 0.4) is 0 Å². The van der Waals surface area contributed by atoms with Crippen molar-refractivity contribution in [2.24, 2.45) is 0 Å². The second-order valence-electron chi connectivity index (χ2n) is 8.33. The van der Waals surface area contributed by atoms with E-state index in [2.05, 4.69) is 17.6 Å². The number of hydrogen-bond donors (Lipinski definition) is 2. The predicted octanol–water partition coefficient (Wildman–Crippen LogP) is 4.27. The Balaban J connectivity index is 2.74. The molecule has 0 radical (unpaired) electrons. The van der Waals surface area contributed by atoms with Gasteiger partial charge in [0.25, 0.3) is 5.91 Å². The number of carbonyl (C=O) groups excluding carboxylic acids is 2. The summed E-state index contributed by atoms with van der Waals surface area (Å²) < 4.78 is 0. The van der Waals surface area contributed by atoms with E-state index in [0.717, 1.165) is 24.8 Å². The molecular formula is C25H43N3O2. The molecule has 1 atom stereocenters. The van der Waals surface area contributed by atoms with Gasteiger partial charge in [0.1, 0.15) is 0 Å². The number of amides is 1. The van der Waals surface area contributed by atoms with Gasteiger partial charge in [-0.2, -0.15) is 0 Å². The van der Waals surface area contributed by atoms with Gasteiger partial charge in [-0.3, -0.25) is 14.5 Å². The number of hydrogen-bond acceptors (Lipinski definition) is 4. The molecule has 5 nitrogen and oxygen atoms in total. The van der Waals surface area contributed by atoms with E-state index in [0.29, 0.717) is 19.5 Å². The Morgan fingerprint density at radius 1 is 0.867 bits per heavy atom. The van der Waals surface area contributed by atoms with Crippen molar-refractivity contribution in [2.75, 3.05) is 34.2 Å². The van der Waals surface area contributed by atoms with Crippen LogP contribution in [0.5, 0.6) is 0 Å². The highest BCUT2D eigenvalue weighted by atomic mass is 16.2. The van der Waals surface area contributed by atoms with Crippen molar-refractivity contribution in [3.63, 3.8) is 0 Å². The number of rotatable bonds is 17. The van der Waals surface area contributed by atoms with Crippen LogP contribution >= 0.6 is 0 Å². The van der Waals surface area contributed by atoms with Gasteiger partial charge >= 0.3 is 0 Å². The molecule has 0 bridgehead atoms. The van der Waals surface area contributed by atoms with Crippen molar-refractivity contribution in [2.45, 2.75) is 76.7 Å². The Kier molecular flexibility index (Phi) is 13.3. The summed E-state index contributed by atoms with van der Waals surface area (Å²) in [5.41, 5.74) is -0.548. The Hall–Kier alpha value is -1.72. The quantitative estimate of drug-likeness (QED) is 0.294. The summed E-state index contributed by atoms with van der Waals surface area (Å²) in [6.07, 6.45) is 11.2. The fourth-order valence-corrected chi connectivity index (χ4v) is 4.01. The molecule has 1 amide bonds. The van der Waals surface area contributed by atoms with Crippen LogP contribution in [0.4, 0.5) is 0 Å². The molecule has 1 rings (SSSR count). The number of carbonyl (C=O) groups is 2. The number of ketones is 1. The summed E-state index contributed by atoms with van der Waals surface area (Å²) >= 11 is 0. The zero-order valence-corrected chi connectivity index (χ0v) is 19.6. The molecule has 30 heavy (non-hydrogen) atoms. The van der Waals surface area contributed by atoms with Gasteiger partial charge in [0.15, 0.2) is 11.3 Å². The van der Waals surface area contributed by atoms with Crippen molar-refractivity contribution >= 4 is 11.7 Å². The predicted molar refractivity (Wildman–Crippen MR) is 126 cm³/mol. The SMILES string of the molecule is CCCCCCCCCCCC(=O)C(C(=O)NCCNC)(c1ccccc1)N(C)C. The second-order valence-corrected chi connectivity index (χ2v) is 8.33. The van der Waals surface area contributed by atoms with Crippen LogP contribution in [-0.4, -0.2) is 50.8 Å². The first-order chi connectivity index (χ1) is 14.5. The lowest BCUT2D eigenvalue weighted by atomic mass is 9.81. The lowest BCUT2D eigenvalue weighted by molar-refractivity contribution is -0.144. The average Bonchev–Trinajstić information content (AvgIpc) is 2.74. The summed E-state index contributed by atoms with van der Waals surface area (Å²) in [5.74, 6) is -0.265. The molecular weight excluding hydrogens is 374 g/mol. The molecule has 0 heterocycles. The minimum absolute atomic E-state index is 0.0244.